The van der Waals surface area contributed by atoms with Gasteiger partial charge in [0.25, 0.3) is 0 Å². The Bertz CT molecular complexity index is 387. The molecule has 0 saturated carbocycles. The minimum absolute atomic E-state index is 0.208. The molecule has 0 heterocycles. The largest absolute Gasteiger partial charge is 0.416 e. The normalized spacial score (nSPS) is 14.5. The van der Waals surface area contributed by atoms with Crippen LogP contribution >= 0.6 is 15.9 Å². The molecule has 0 amide bonds. The van der Waals surface area contributed by atoms with Crippen LogP contribution in [0.5, 0.6) is 0 Å². The third-order valence-electron chi connectivity index (χ3n) is 3.14. The molecule has 0 aliphatic carbocycles. The van der Waals surface area contributed by atoms with Crippen molar-refractivity contribution in [1.29, 1.82) is 0 Å². The van der Waals surface area contributed by atoms with Crippen molar-refractivity contribution in [3.8, 4) is 0 Å². The van der Waals surface area contributed by atoms with Crippen molar-refractivity contribution in [2.24, 2.45) is 5.41 Å². The summed E-state index contributed by atoms with van der Waals surface area (Å²) in [5.74, 6) is 0. The molecule has 1 aromatic rings. The van der Waals surface area contributed by atoms with E-state index in [-0.39, 0.29) is 5.41 Å². The zero-order chi connectivity index (χ0) is 14.7. The van der Waals surface area contributed by atoms with Crippen molar-refractivity contribution in [2.45, 2.75) is 51.0 Å². The van der Waals surface area contributed by atoms with Gasteiger partial charge in [-0.15, -0.1) is 0 Å². The molecule has 0 aliphatic heterocycles. The summed E-state index contributed by atoms with van der Waals surface area (Å²) in [4.78, 5) is 0.425. The third kappa shape index (κ3) is 5.55. The van der Waals surface area contributed by atoms with Gasteiger partial charge in [0.15, 0.2) is 0 Å². The zero-order valence-corrected chi connectivity index (χ0v) is 13.1. The summed E-state index contributed by atoms with van der Waals surface area (Å²) in [6.07, 6.45) is -1.44. The molecule has 1 aromatic carbocycles. The second-order valence-corrected chi connectivity index (χ2v) is 7.03. The maximum absolute atomic E-state index is 12.4. The molecular weight excluding hydrogens is 317 g/mol. The summed E-state index contributed by atoms with van der Waals surface area (Å²) in [5, 5.41) is 0. The number of aryl methyl sites for hydroxylation is 1. The van der Waals surface area contributed by atoms with Crippen LogP contribution in [0.4, 0.5) is 13.2 Å². The lowest BCUT2D eigenvalue weighted by Gasteiger charge is -2.25. The molecule has 0 fully saturated rings. The first-order chi connectivity index (χ1) is 8.60. The molecule has 0 aromatic heterocycles. The quantitative estimate of drug-likeness (QED) is 0.606. The van der Waals surface area contributed by atoms with Crippen LogP contribution in [0.1, 0.15) is 44.7 Å². The van der Waals surface area contributed by atoms with E-state index >= 15 is 0 Å². The van der Waals surface area contributed by atoms with E-state index in [1.54, 1.807) is 12.1 Å². The highest BCUT2D eigenvalue weighted by Gasteiger charge is 2.29. The summed E-state index contributed by atoms with van der Waals surface area (Å²) >= 11 is 3.66. The van der Waals surface area contributed by atoms with Gasteiger partial charge >= 0.3 is 6.18 Å². The Labute approximate surface area is 121 Å². The van der Waals surface area contributed by atoms with Crippen LogP contribution in [0.2, 0.25) is 0 Å². The van der Waals surface area contributed by atoms with Crippen LogP contribution in [0.25, 0.3) is 0 Å². The van der Waals surface area contributed by atoms with Gasteiger partial charge in [-0.2, -0.15) is 13.2 Å². The molecular formula is C15H20BrF3. The van der Waals surface area contributed by atoms with E-state index in [2.05, 4.69) is 36.7 Å². The highest BCUT2D eigenvalue weighted by molar-refractivity contribution is 9.09. The standard InChI is InChI=1S/C15H20BrF3/c1-14(2,3)13(16)6-4-5-11-7-9-12(10-8-11)15(17,18)19/h7-10,13H,4-6H2,1-3H3. The van der Waals surface area contributed by atoms with E-state index in [0.717, 1.165) is 37.0 Å². The maximum Gasteiger partial charge on any atom is 0.416 e. The summed E-state index contributed by atoms with van der Waals surface area (Å²) in [6.45, 7) is 6.51. The van der Waals surface area contributed by atoms with Crippen LogP contribution in [0, 0.1) is 5.41 Å². The third-order valence-corrected chi connectivity index (χ3v) is 4.98. The zero-order valence-electron chi connectivity index (χ0n) is 11.5. The first-order valence-electron chi connectivity index (χ1n) is 6.41. The number of hydrogen-bond donors (Lipinski definition) is 0. The van der Waals surface area contributed by atoms with E-state index in [4.69, 9.17) is 0 Å². The smallest absolute Gasteiger partial charge is 0.166 e. The Balaban J connectivity index is 2.47. The number of halogens is 4. The van der Waals surface area contributed by atoms with Crippen molar-refractivity contribution in [3.05, 3.63) is 35.4 Å². The van der Waals surface area contributed by atoms with Gasteiger partial charge in [-0.25, -0.2) is 0 Å². The minimum atomic E-state index is -4.24. The summed E-state index contributed by atoms with van der Waals surface area (Å²) in [5.41, 5.74) is 0.589. The van der Waals surface area contributed by atoms with Gasteiger partial charge in [-0.3, -0.25) is 0 Å². The number of hydrogen-bond acceptors (Lipinski definition) is 0. The van der Waals surface area contributed by atoms with Gasteiger partial charge in [0.2, 0.25) is 0 Å². The van der Waals surface area contributed by atoms with E-state index in [1.165, 1.54) is 0 Å². The number of alkyl halides is 4. The van der Waals surface area contributed by atoms with Crippen LogP contribution in [-0.2, 0) is 12.6 Å². The molecule has 0 saturated heterocycles. The molecule has 1 unspecified atom stereocenters. The molecule has 1 rings (SSSR count). The molecule has 0 bridgehead atoms. The van der Waals surface area contributed by atoms with Crippen molar-refractivity contribution >= 4 is 15.9 Å². The second kappa shape index (κ2) is 6.29. The topological polar surface area (TPSA) is 0 Å². The van der Waals surface area contributed by atoms with E-state index in [9.17, 15) is 13.2 Å². The Morgan fingerprint density at radius 2 is 1.58 bits per heavy atom. The molecule has 0 aliphatic rings. The van der Waals surface area contributed by atoms with Gasteiger partial charge in [0, 0.05) is 4.83 Å². The molecule has 0 spiro atoms. The lowest BCUT2D eigenvalue weighted by molar-refractivity contribution is -0.137. The number of benzene rings is 1. The molecule has 19 heavy (non-hydrogen) atoms. The van der Waals surface area contributed by atoms with E-state index in [0.29, 0.717) is 4.83 Å². The van der Waals surface area contributed by atoms with Gasteiger partial charge in [-0.1, -0.05) is 48.8 Å². The minimum Gasteiger partial charge on any atom is -0.166 e. The molecule has 108 valence electrons. The Morgan fingerprint density at radius 3 is 2.00 bits per heavy atom. The molecule has 4 heteroatoms. The van der Waals surface area contributed by atoms with Crippen molar-refractivity contribution in [2.75, 3.05) is 0 Å². The monoisotopic (exact) mass is 336 g/mol. The van der Waals surface area contributed by atoms with Crippen molar-refractivity contribution in [1.82, 2.24) is 0 Å². The average molecular weight is 337 g/mol. The average Bonchev–Trinajstić information content (AvgIpc) is 2.27. The predicted octanol–water partition coefficient (Wildman–Crippen LogP) is 5.84. The Morgan fingerprint density at radius 1 is 1.05 bits per heavy atom. The maximum atomic E-state index is 12.4. The van der Waals surface area contributed by atoms with Crippen LogP contribution in [0.3, 0.4) is 0 Å². The first-order valence-corrected chi connectivity index (χ1v) is 7.32. The van der Waals surface area contributed by atoms with E-state index in [1.807, 2.05) is 0 Å². The fourth-order valence-corrected chi connectivity index (χ4v) is 2.10. The second-order valence-electron chi connectivity index (χ2n) is 5.92. The Kier molecular flexibility index (Phi) is 5.48. The summed E-state index contributed by atoms with van der Waals surface area (Å²) in [7, 11) is 0. The molecule has 0 radical (unpaired) electrons. The Hall–Kier alpha value is -0.510. The van der Waals surface area contributed by atoms with Crippen LogP contribution < -0.4 is 0 Å². The SMILES string of the molecule is CC(C)(C)C(Br)CCCc1ccc(C(F)(F)F)cc1. The van der Waals surface area contributed by atoms with Gasteiger partial charge in [0.1, 0.15) is 0 Å². The van der Waals surface area contributed by atoms with Crippen LogP contribution in [0.15, 0.2) is 24.3 Å². The molecule has 0 nitrogen and oxygen atoms in total. The molecule has 0 N–H and O–H groups in total. The fourth-order valence-electron chi connectivity index (χ4n) is 1.78. The lowest BCUT2D eigenvalue weighted by atomic mass is 9.89. The van der Waals surface area contributed by atoms with Gasteiger partial charge < -0.3 is 0 Å². The predicted molar refractivity (Wildman–Crippen MR) is 76.6 cm³/mol. The van der Waals surface area contributed by atoms with Crippen molar-refractivity contribution < 1.29 is 13.2 Å². The van der Waals surface area contributed by atoms with Crippen molar-refractivity contribution in [3.63, 3.8) is 0 Å². The van der Waals surface area contributed by atoms with Crippen LogP contribution in [-0.4, -0.2) is 4.83 Å². The molecule has 1 atom stereocenters. The lowest BCUT2D eigenvalue weighted by Crippen LogP contribution is -2.20. The number of rotatable bonds is 4. The fraction of sp³-hybridized carbons (Fsp3) is 0.600. The van der Waals surface area contributed by atoms with Gasteiger partial charge in [-0.05, 0) is 42.4 Å². The van der Waals surface area contributed by atoms with Gasteiger partial charge in [0.05, 0.1) is 5.56 Å². The first kappa shape index (κ1) is 16.5. The highest BCUT2D eigenvalue weighted by atomic mass is 79.9. The van der Waals surface area contributed by atoms with E-state index < -0.39 is 11.7 Å². The highest BCUT2D eigenvalue weighted by Crippen LogP contribution is 2.31. The summed E-state index contributed by atoms with van der Waals surface area (Å²) in [6, 6.07) is 5.46. The summed E-state index contributed by atoms with van der Waals surface area (Å²) < 4.78 is 37.2.